The first-order chi connectivity index (χ1) is 9.95. The van der Waals surface area contributed by atoms with Crippen molar-refractivity contribution in [3.8, 4) is 0 Å². The molecule has 0 amide bonds. The molecule has 1 aromatic rings. The maximum atomic E-state index is 12.5. The highest BCUT2D eigenvalue weighted by Crippen LogP contribution is 2.33. The number of nitrogens with one attached hydrogen (secondary N) is 3. The van der Waals surface area contributed by atoms with Crippen LogP contribution in [0.1, 0.15) is 50.3 Å². The number of sulfonamides is 1. The molecule has 0 radical (unpaired) electrons. The molecule has 0 aliphatic heterocycles. The normalized spacial score (nSPS) is 20.7. The molecule has 7 heteroatoms. The predicted octanol–water partition coefficient (Wildman–Crippen LogP) is 1.44. The van der Waals surface area contributed by atoms with Crippen LogP contribution in [-0.4, -0.2) is 30.7 Å². The van der Waals surface area contributed by atoms with E-state index in [-0.39, 0.29) is 11.1 Å². The summed E-state index contributed by atoms with van der Waals surface area (Å²) in [7, 11) is -3.55. The van der Waals surface area contributed by atoms with Crippen LogP contribution in [0.5, 0.6) is 0 Å². The summed E-state index contributed by atoms with van der Waals surface area (Å²) in [5, 5.41) is 10.3. The van der Waals surface area contributed by atoms with Crippen LogP contribution in [0, 0.1) is 12.8 Å². The molecule has 2 saturated carbocycles. The van der Waals surface area contributed by atoms with Crippen molar-refractivity contribution in [2.45, 2.75) is 69.6 Å². The molecule has 2 aliphatic rings. The fraction of sp³-hybridized carbons (Fsp3) is 0.786. The van der Waals surface area contributed by atoms with Gasteiger partial charge >= 0.3 is 0 Å². The lowest BCUT2D eigenvalue weighted by Crippen LogP contribution is -2.34. The Morgan fingerprint density at radius 3 is 2.67 bits per heavy atom. The van der Waals surface area contributed by atoms with Crippen molar-refractivity contribution in [1.29, 1.82) is 0 Å². The Balaban J connectivity index is 1.70. The number of rotatable bonds is 8. The average Bonchev–Trinajstić information content (AvgIpc) is 3.29. The summed E-state index contributed by atoms with van der Waals surface area (Å²) in [6.07, 6.45) is 5.72. The SMILES string of the molecule is Cc1[nH]nc(S(=O)(=O)NC(C)CC2CC2)c1CNC1CC1. The van der Waals surface area contributed by atoms with E-state index in [0.29, 0.717) is 18.5 Å². The van der Waals surface area contributed by atoms with Gasteiger partial charge in [-0.25, -0.2) is 13.1 Å². The number of aromatic nitrogens is 2. The summed E-state index contributed by atoms with van der Waals surface area (Å²) in [5.41, 5.74) is 1.58. The Hall–Kier alpha value is -0.920. The van der Waals surface area contributed by atoms with E-state index in [9.17, 15) is 8.42 Å². The molecule has 21 heavy (non-hydrogen) atoms. The molecule has 0 bridgehead atoms. The third kappa shape index (κ3) is 3.84. The first-order valence-corrected chi connectivity index (χ1v) is 9.23. The maximum Gasteiger partial charge on any atom is 0.260 e. The van der Waals surface area contributed by atoms with Crippen molar-refractivity contribution in [1.82, 2.24) is 20.2 Å². The molecule has 6 nitrogen and oxygen atoms in total. The van der Waals surface area contributed by atoms with E-state index >= 15 is 0 Å². The molecule has 2 fully saturated rings. The molecule has 1 heterocycles. The molecule has 1 atom stereocenters. The van der Waals surface area contributed by atoms with E-state index in [2.05, 4.69) is 20.2 Å². The summed E-state index contributed by atoms with van der Waals surface area (Å²) >= 11 is 0. The highest BCUT2D eigenvalue weighted by molar-refractivity contribution is 7.89. The van der Waals surface area contributed by atoms with Crippen LogP contribution in [0.3, 0.4) is 0 Å². The number of nitrogens with zero attached hydrogens (tertiary/aromatic N) is 1. The van der Waals surface area contributed by atoms with E-state index in [1.54, 1.807) is 0 Å². The van der Waals surface area contributed by atoms with Gasteiger partial charge in [-0.15, -0.1) is 0 Å². The molecular formula is C14H24N4O2S. The molecule has 0 saturated heterocycles. The van der Waals surface area contributed by atoms with Crippen molar-refractivity contribution in [2.24, 2.45) is 5.92 Å². The lowest BCUT2D eigenvalue weighted by molar-refractivity contribution is 0.525. The largest absolute Gasteiger partial charge is 0.310 e. The summed E-state index contributed by atoms with van der Waals surface area (Å²) in [4.78, 5) is 0. The van der Waals surface area contributed by atoms with Gasteiger partial charge in [0.05, 0.1) is 0 Å². The van der Waals surface area contributed by atoms with Crippen LogP contribution >= 0.6 is 0 Å². The third-order valence-corrected chi connectivity index (χ3v) is 5.73. The van der Waals surface area contributed by atoms with Crippen molar-refractivity contribution >= 4 is 10.0 Å². The molecule has 0 aromatic carbocycles. The predicted molar refractivity (Wildman–Crippen MR) is 80.3 cm³/mol. The minimum atomic E-state index is -3.55. The summed E-state index contributed by atoms with van der Waals surface area (Å²) in [5.74, 6) is 0.694. The highest BCUT2D eigenvalue weighted by atomic mass is 32.2. The van der Waals surface area contributed by atoms with E-state index in [1.165, 1.54) is 25.7 Å². The first-order valence-electron chi connectivity index (χ1n) is 7.75. The van der Waals surface area contributed by atoms with E-state index in [0.717, 1.165) is 17.7 Å². The molecular weight excluding hydrogens is 288 g/mol. The fourth-order valence-electron chi connectivity index (χ4n) is 2.62. The number of aryl methyl sites for hydroxylation is 1. The summed E-state index contributed by atoms with van der Waals surface area (Å²) in [6.45, 7) is 4.35. The lowest BCUT2D eigenvalue weighted by Gasteiger charge is -2.13. The lowest BCUT2D eigenvalue weighted by atomic mass is 10.2. The van der Waals surface area contributed by atoms with Gasteiger partial charge < -0.3 is 5.32 Å². The minimum Gasteiger partial charge on any atom is -0.310 e. The van der Waals surface area contributed by atoms with Crippen LogP contribution in [-0.2, 0) is 16.6 Å². The topological polar surface area (TPSA) is 86.9 Å². The quantitative estimate of drug-likeness (QED) is 0.678. The number of hydrogen-bond acceptors (Lipinski definition) is 4. The molecule has 0 spiro atoms. The van der Waals surface area contributed by atoms with E-state index in [1.807, 2.05) is 13.8 Å². The van der Waals surface area contributed by atoms with Crippen LogP contribution in [0.25, 0.3) is 0 Å². The maximum absolute atomic E-state index is 12.5. The Kier molecular flexibility index (Phi) is 4.07. The van der Waals surface area contributed by atoms with Crippen LogP contribution in [0.2, 0.25) is 0 Å². The second-order valence-corrected chi connectivity index (χ2v) is 8.12. The second-order valence-electron chi connectivity index (χ2n) is 6.49. The molecule has 1 unspecified atom stereocenters. The number of H-pyrrole nitrogens is 1. The van der Waals surface area contributed by atoms with Crippen molar-refractivity contribution in [3.63, 3.8) is 0 Å². The minimum absolute atomic E-state index is 0.0382. The molecule has 2 aliphatic carbocycles. The van der Waals surface area contributed by atoms with Gasteiger partial charge in [0, 0.05) is 29.9 Å². The van der Waals surface area contributed by atoms with E-state index < -0.39 is 10.0 Å². The molecule has 3 rings (SSSR count). The smallest absolute Gasteiger partial charge is 0.260 e. The summed E-state index contributed by atoms with van der Waals surface area (Å²) in [6, 6.07) is 0.500. The first kappa shape index (κ1) is 15.0. The van der Waals surface area contributed by atoms with Gasteiger partial charge in [0.25, 0.3) is 10.0 Å². The third-order valence-electron chi connectivity index (χ3n) is 4.18. The standard InChI is InChI=1S/C14H24N4O2S/c1-9(7-11-3-4-11)18-21(19,20)14-13(10(2)16-17-14)8-15-12-5-6-12/h9,11-12,15,18H,3-8H2,1-2H3,(H,16,17). The Labute approximate surface area is 126 Å². The van der Waals surface area contributed by atoms with Gasteiger partial charge in [-0.05, 0) is 39.0 Å². The summed E-state index contributed by atoms with van der Waals surface area (Å²) < 4.78 is 27.8. The Morgan fingerprint density at radius 2 is 2.05 bits per heavy atom. The zero-order valence-electron chi connectivity index (χ0n) is 12.6. The molecule has 3 N–H and O–H groups in total. The average molecular weight is 312 g/mol. The van der Waals surface area contributed by atoms with Crippen LogP contribution < -0.4 is 10.0 Å². The van der Waals surface area contributed by atoms with Gasteiger partial charge in [-0.1, -0.05) is 12.8 Å². The van der Waals surface area contributed by atoms with E-state index in [4.69, 9.17) is 0 Å². The number of aromatic amines is 1. The molecule has 118 valence electrons. The Morgan fingerprint density at radius 1 is 1.33 bits per heavy atom. The number of hydrogen-bond donors (Lipinski definition) is 3. The zero-order chi connectivity index (χ0) is 15.0. The van der Waals surface area contributed by atoms with Crippen molar-refractivity contribution in [3.05, 3.63) is 11.3 Å². The Bertz CT molecular complexity index is 602. The van der Waals surface area contributed by atoms with Gasteiger partial charge in [-0.3, -0.25) is 5.10 Å². The van der Waals surface area contributed by atoms with Gasteiger partial charge in [-0.2, -0.15) is 5.10 Å². The van der Waals surface area contributed by atoms with Gasteiger partial charge in [0.1, 0.15) is 0 Å². The zero-order valence-corrected chi connectivity index (χ0v) is 13.5. The molecule has 1 aromatic heterocycles. The van der Waals surface area contributed by atoms with Gasteiger partial charge in [0.15, 0.2) is 5.03 Å². The van der Waals surface area contributed by atoms with Crippen molar-refractivity contribution in [2.75, 3.05) is 0 Å². The van der Waals surface area contributed by atoms with Crippen molar-refractivity contribution < 1.29 is 8.42 Å². The monoisotopic (exact) mass is 312 g/mol. The van der Waals surface area contributed by atoms with Crippen LogP contribution in [0.15, 0.2) is 5.03 Å². The fourth-order valence-corrected chi connectivity index (χ4v) is 4.07. The van der Waals surface area contributed by atoms with Crippen LogP contribution in [0.4, 0.5) is 0 Å². The second kappa shape index (κ2) is 5.70. The highest BCUT2D eigenvalue weighted by Gasteiger charge is 2.30. The van der Waals surface area contributed by atoms with Gasteiger partial charge in [0.2, 0.25) is 0 Å².